The van der Waals surface area contributed by atoms with Crippen LogP contribution < -0.4 is 10.5 Å². The fourth-order valence-electron chi connectivity index (χ4n) is 2.21. The second kappa shape index (κ2) is 5.12. The van der Waals surface area contributed by atoms with Crippen LogP contribution in [0.1, 0.15) is 45.6 Å². The Labute approximate surface area is 121 Å². The second-order valence-corrected chi connectivity index (χ2v) is 7.23. The number of nitrogens with two attached hydrogens (primary N) is 1. The average molecular weight is 277 g/mol. The Hall–Kier alpha value is -1.09. The van der Waals surface area contributed by atoms with Gasteiger partial charge in [0, 0.05) is 11.8 Å². The summed E-state index contributed by atoms with van der Waals surface area (Å²) >= 11 is 5.01. The zero-order chi connectivity index (χ0) is 14.1. The molecule has 2 rings (SSSR count). The van der Waals surface area contributed by atoms with Crippen molar-refractivity contribution in [3.63, 3.8) is 0 Å². The largest absolute Gasteiger partial charge is 0.493 e. The number of thiocarbonyl (C=S) groups is 1. The highest BCUT2D eigenvalue weighted by atomic mass is 32.1. The van der Waals surface area contributed by atoms with Crippen molar-refractivity contribution in [2.75, 3.05) is 6.61 Å². The summed E-state index contributed by atoms with van der Waals surface area (Å²) in [5.41, 5.74) is 7.30. The molecule has 0 radical (unpaired) electrons. The van der Waals surface area contributed by atoms with Crippen LogP contribution in [0.2, 0.25) is 0 Å². The standard InChI is InChI=1S/C16H23NOS/c1-15(2,3)12-5-4-6-13(9-12)18-11-16(7-8-16)10-14(17)19/h4-6,9H,7-8,10-11H2,1-3H3,(H2,17,19). The van der Waals surface area contributed by atoms with Crippen molar-refractivity contribution in [1.82, 2.24) is 0 Å². The maximum atomic E-state index is 5.95. The zero-order valence-electron chi connectivity index (χ0n) is 12.0. The summed E-state index contributed by atoms with van der Waals surface area (Å²) < 4.78 is 5.95. The highest BCUT2D eigenvalue weighted by Gasteiger charge is 2.43. The Morgan fingerprint density at radius 3 is 2.58 bits per heavy atom. The molecule has 1 aliphatic rings. The van der Waals surface area contributed by atoms with Crippen molar-refractivity contribution in [3.05, 3.63) is 29.8 Å². The summed E-state index contributed by atoms with van der Waals surface area (Å²) in [5.74, 6) is 0.946. The first kappa shape index (κ1) is 14.3. The zero-order valence-corrected chi connectivity index (χ0v) is 12.8. The Kier molecular flexibility index (Phi) is 3.86. The van der Waals surface area contributed by atoms with Crippen molar-refractivity contribution < 1.29 is 4.74 Å². The lowest BCUT2D eigenvalue weighted by molar-refractivity contribution is 0.238. The molecule has 0 unspecified atom stereocenters. The summed E-state index contributed by atoms with van der Waals surface area (Å²) in [6, 6.07) is 8.36. The molecule has 1 saturated carbocycles. The molecule has 2 nitrogen and oxygen atoms in total. The van der Waals surface area contributed by atoms with Crippen molar-refractivity contribution >= 4 is 17.2 Å². The lowest BCUT2D eigenvalue weighted by Crippen LogP contribution is -2.21. The number of hydrogen-bond acceptors (Lipinski definition) is 2. The van der Waals surface area contributed by atoms with Crippen LogP contribution in [-0.2, 0) is 5.41 Å². The predicted molar refractivity (Wildman–Crippen MR) is 83.7 cm³/mol. The van der Waals surface area contributed by atoms with Crippen LogP contribution in [0.3, 0.4) is 0 Å². The maximum Gasteiger partial charge on any atom is 0.119 e. The third kappa shape index (κ3) is 3.93. The highest BCUT2D eigenvalue weighted by Crippen LogP contribution is 2.49. The maximum absolute atomic E-state index is 5.95. The number of rotatable bonds is 5. The number of ether oxygens (including phenoxy) is 1. The van der Waals surface area contributed by atoms with Crippen LogP contribution in [-0.4, -0.2) is 11.6 Å². The van der Waals surface area contributed by atoms with Gasteiger partial charge in [0.15, 0.2) is 0 Å². The molecule has 1 aromatic rings. The van der Waals surface area contributed by atoms with Crippen LogP contribution in [0.25, 0.3) is 0 Å². The van der Waals surface area contributed by atoms with Crippen LogP contribution in [0, 0.1) is 5.41 Å². The fourth-order valence-corrected chi connectivity index (χ4v) is 2.51. The van der Waals surface area contributed by atoms with Crippen molar-refractivity contribution in [2.24, 2.45) is 11.1 Å². The lowest BCUT2D eigenvalue weighted by atomic mass is 9.87. The summed E-state index contributed by atoms with van der Waals surface area (Å²) in [5, 5.41) is 0. The molecular formula is C16H23NOS. The van der Waals surface area contributed by atoms with Crippen LogP contribution in [0.4, 0.5) is 0 Å². The summed E-state index contributed by atoms with van der Waals surface area (Å²) in [6.07, 6.45) is 3.15. The van der Waals surface area contributed by atoms with Crippen molar-refractivity contribution in [2.45, 2.75) is 45.4 Å². The predicted octanol–water partition coefficient (Wildman–Crippen LogP) is 3.82. The van der Waals surface area contributed by atoms with E-state index in [2.05, 4.69) is 39.0 Å². The van der Waals surface area contributed by atoms with Gasteiger partial charge in [0.2, 0.25) is 0 Å². The van der Waals surface area contributed by atoms with Gasteiger partial charge < -0.3 is 10.5 Å². The molecule has 1 aliphatic carbocycles. The SMILES string of the molecule is CC(C)(C)c1cccc(OCC2(CC(N)=S)CC2)c1. The van der Waals surface area contributed by atoms with Crippen molar-refractivity contribution in [3.8, 4) is 5.75 Å². The quantitative estimate of drug-likeness (QED) is 0.831. The molecule has 19 heavy (non-hydrogen) atoms. The average Bonchev–Trinajstić information content (AvgIpc) is 3.05. The Morgan fingerprint density at radius 2 is 2.05 bits per heavy atom. The van der Waals surface area contributed by atoms with E-state index in [4.69, 9.17) is 22.7 Å². The van der Waals surface area contributed by atoms with E-state index in [0.29, 0.717) is 4.99 Å². The first-order chi connectivity index (χ1) is 8.81. The molecule has 0 spiro atoms. The van der Waals surface area contributed by atoms with Gasteiger partial charge in [0.25, 0.3) is 0 Å². The molecule has 0 aromatic heterocycles. The topological polar surface area (TPSA) is 35.2 Å². The molecular weight excluding hydrogens is 254 g/mol. The van der Waals surface area contributed by atoms with E-state index >= 15 is 0 Å². The monoisotopic (exact) mass is 277 g/mol. The third-order valence-electron chi connectivity index (χ3n) is 3.75. The van der Waals surface area contributed by atoms with E-state index in [1.807, 2.05) is 6.07 Å². The molecule has 0 bridgehead atoms. The summed E-state index contributed by atoms with van der Waals surface area (Å²) in [6.45, 7) is 7.35. The van der Waals surface area contributed by atoms with E-state index < -0.39 is 0 Å². The van der Waals surface area contributed by atoms with Gasteiger partial charge >= 0.3 is 0 Å². The van der Waals surface area contributed by atoms with Gasteiger partial charge in [0.1, 0.15) is 5.75 Å². The highest BCUT2D eigenvalue weighted by molar-refractivity contribution is 7.80. The van der Waals surface area contributed by atoms with E-state index in [-0.39, 0.29) is 10.8 Å². The normalized spacial score (nSPS) is 17.0. The molecule has 0 saturated heterocycles. The first-order valence-corrected chi connectivity index (χ1v) is 7.23. The van der Waals surface area contributed by atoms with Gasteiger partial charge in [0.05, 0.1) is 11.6 Å². The summed E-state index contributed by atoms with van der Waals surface area (Å²) in [4.78, 5) is 0.601. The van der Waals surface area contributed by atoms with E-state index in [9.17, 15) is 0 Å². The summed E-state index contributed by atoms with van der Waals surface area (Å²) in [7, 11) is 0. The van der Waals surface area contributed by atoms with Crippen LogP contribution in [0.5, 0.6) is 5.75 Å². The third-order valence-corrected chi connectivity index (χ3v) is 3.90. The molecule has 0 heterocycles. The molecule has 0 aliphatic heterocycles. The fraction of sp³-hybridized carbons (Fsp3) is 0.562. The van der Waals surface area contributed by atoms with Crippen LogP contribution in [0.15, 0.2) is 24.3 Å². The molecule has 1 aromatic carbocycles. The lowest BCUT2D eigenvalue weighted by Gasteiger charge is -2.21. The molecule has 104 valence electrons. The van der Waals surface area contributed by atoms with Gasteiger partial charge in [-0.15, -0.1) is 0 Å². The van der Waals surface area contributed by atoms with Gasteiger partial charge in [-0.1, -0.05) is 45.1 Å². The Balaban J connectivity index is 1.99. The first-order valence-electron chi connectivity index (χ1n) is 6.82. The molecule has 3 heteroatoms. The van der Waals surface area contributed by atoms with Crippen LogP contribution >= 0.6 is 12.2 Å². The van der Waals surface area contributed by atoms with E-state index in [1.165, 1.54) is 18.4 Å². The van der Waals surface area contributed by atoms with Gasteiger partial charge in [-0.2, -0.15) is 0 Å². The minimum Gasteiger partial charge on any atom is -0.493 e. The molecule has 0 atom stereocenters. The second-order valence-electron chi connectivity index (χ2n) is 6.71. The van der Waals surface area contributed by atoms with Gasteiger partial charge in [-0.25, -0.2) is 0 Å². The molecule has 2 N–H and O–H groups in total. The number of benzene rings is 1. The Bertz CT molecular complexity index is 472. The molecule has 1 fully saturated rings. The van der Waals surface area contributed by atoms with E-state index in [1.54, 1.807) is 0 Å². The minimum atomic E-state index is 0.148. The smallest absolute Gasteiger partial charge is 0.119 e. The van der Waals surface area contributed by atoms with Crippen molar-refractivity contribution in [1.29, 1.82) is 0 Å². The molecule has 0 amide bonds. The minimum absolute atomic E-state index is 0.148. The van der Waals surface area contributed by atoms with Gasteiger partial charge in [-0.3, -0.25) is 0 Å². The van der Waals surface area contributed by atoms with E-state index in [0.717, 1.165) is 18.8 Å². The number of hydrogen-bond donors (Lipinski definition) is 1. The van der Waals surface area contributed by atoms with Gasteiger partial charge in [-0.05, 0) is 36.0 Å². The Morgan fingerprint density at radius 1 is 1.37 bits per heavy atom.